The molecule has 0 saturated carbocycles. The molecule has 0 atom stereocenters. The van der Waals surface area contributed by atoms with Crippen LogP contribution >= 0.6 is 0 Å². The zero-order chi connectivity index (χ0) is 14.8. The van der Waals surface area contributed by atoms with Gasteiger partial charge < -0.3 is 0 Å². The van der Waals surface area contributed by atoms with Crippen molar-refractivity contribution in [3.8, 4) is 0 Å². The van der Waals surface area contributed by atoms with Crippen molar-refractivity contribution < 1.29 is 4.58 Å². The molecule has 0 aromatic rings. The van der Waals surface area contributed by atoms with Crippen molar-refractivity contribution in [2.75, 3.05) is 26.2 Å². The van der Waals surface area contributed by atoms with Crippen LogP contribution in [0.5, 0.6) is 0 Å². The summed E-state index contributed by atoms with van der Waals surface area (Å²) >= 11 is 0. The second-order valence-corrected chi connectivity index (χ2v) is 7.03. The molecule has 2 aliphatic rings. The molecule has 2 heteroatoms. The molecule has 0 N–H and O–H groups in total. The second-order valence-electron chi connectivity index (χ2n) is 7.03. The van der Waals surface area contributed by atoms with Crippen LogP contribution in [-0.4, -0.2) is 41.5 Å². The Bertz CT molecular complexity index is 309. The van der Waals surface area contributed by atoms with Crippen molar-refractivity contribution in [3.05, 3.63) is 0 Å². The Balaban J connectivity index is 1.61. The lowest BCUT2D eigenvalue weighted by Gasteiger charge is -2.26. The highest BCUT2D eigenvalue weighted by Gasteiger charge is 2.27. The van der Waals surface area contributed by atoms with Crippen LogP contribution in [0.25, 0.3) is 0 Å². The highest BCUT2D eigenvalue weighted by atomic mass is 15.3. The summed E-state index contributed by atoms with van der Waals surface area (Å²) in [5, 5.41) is 0. The van der Waals surface area contributed by atoms with E-state index in [4.69, 9.17) is 0 Å². The zero-order valence-corrected chi connectivity index (χ0v) is 14.4. The molecule has 0 spiro atoms. The zero-order valence-electron chi connectivity index (χ0n) is 14.4. The molecule has 2 aliphatic heterocycles. The molecular weight excluding hydrogens is 256 g/mol. The minimum atomic E-state index is 1.32. The maximum Gasteiger partial charge on any atom is 0.246 e. The Hall–Kier alpha value is -0.530. The van der Waals surface area contributed by atoms with Gasteiger partial charge in [0, 0.05) is 12.8 Å². The van der Waals surface area contributed by atoms with Gasteiger partial charge in [-0.2, -0.15) is 0 Å². The molecule has 21 heavy (non-hydrogen) atoms. The van der Waals surface area contributed by atoms with Gasteiger partial charge in [-0.3, -0.25) is 9.48 Å². The number of hydrogen-bond donors (Lipinski definition) is 0. The first kappa shape index (κ1) is 16.8. The van der Waals surface area contributed by atoms with E-state index in [2.05, 4.69) is 16.4 Å². The van der Waals surface area contributed by atoms with Gasteiger partial charge in [0.2, 0.25) is 5.84 Å². The fourth-order valence-corrected chi connectivity index (χ4v) is 3.91. The van der Waals surface area contributed by atoms with Gasteiger partial charge in [0.15, 0.2) is 0 Å². The minimum Gasteiger partial charge on any atom is -0.266 e. The van der Waals surface area contributed by atoms with Gasteiger partial charge in [0.1, 0.15) is 0 Å². The molecule has 0 amide bonds. The Kier molecular flexibility index (Phi) is 8.21. The van der Waals surface area contributed by atoms with Crippen LogP contribution in [0.2, 0.25) is 0 Å². The van der Waals surface area contributed by atoms with E-state index in [1.54, 1.807) is 5.84 Å². The molecular formula is C19H37N2+. The van der Waals surface area contributed by atoms with E-state index < -0.39 is 0 Å². The van der Waals surface area contributed by atoms with Crippen molar-refractivity contribution in [3.63, 3.8) is 0 Å². The fraction of sp³-hybridized carbons (Fsp3) is 0.947. The average molecular weight is 294 g/mol. The van der Waals surface area contributed by atoms with E-state index in [9.17, 15) is 0 Å². The third kappa shape index (κ3) is 6.00. The van der Waals surface area contributed by atoms with Gasteiger partial charge in [-0.05, 0) is 32.1 Å². The Morgan fingerprint density at radius 2 is 1.52 bits per heavy atom. The molecule has 0 unspecified atom stereocenters. The van der Waals surface area contributed by atoms with Gasteiger partial charge in [0.05, 0.1) is 26.2 Å². The number of nitrogens with zero attached hydrogens (tertiary/aromatic N) is 2. The number of rotatable bonds is 9. The summed E-state index contributed by atoms with van der Waals surface area (Å²) in [5.41, 5.74) is 0. The van der Waals surface area contributed by atoms with E-state index in [1.807, 2.05) is 0 Å². The maximum atomic E-state index is 2.73. The lowest BCUT2D eigenvalue weighted by molar-refractivity contribution is -0.539. The predicted molar refractivity (Wildman–Crippen MR) is 92.3 cm³/mol. The smallest absolute Gasteiger partial charge is 0.246 e. The first-order valence-electron chi connectivity index (χ1n) is 9.77. The summed E-state index contributed by atoms with van der Waals surface area (Å²) in [7, 11) is 0. The molecule has 2 nitrogen and oxygen atoms in total. The highest BCUT2D eigenvalue weighted by molar-refractivity contribution is 5.77. The van der Waals surface area contributed by atoms with Gasteiger partial charge >= 0.3 is 0 Å². The van der Waals surface area contributed by atoms with Gasteiger partial charge in [-0.1, -0.05) is 45.4 Å². The highest BCUT2D eigenvalue weighted by Crippen LogP contribution is 2.16. The van der Waals surface area contributed by atoms with Crippen LogP contribution in [0.4, 0.5) is 0 Å². The molecule has 2 rings (SSSR count). The third-order valence-electron chi connectivity index (χ3n) is 5.20. The minimum absolute atomic E-state index is 1.32. The first-order valence-corrected chi connectivity index (χ1v) is 9.77. The molecule has 2 heterocycles. The fourth-order valence-electron chi connectivity index (χ4n) is 3.91. The van der Waals surface area contributed by atoms with Gasteiger partial charge in [0.25, 0.3) is 0 Å². The van der Waals surface area contributed by atoms with Crippen molar-refractivity contribution >= 4 is 5.84 Å². The summed E-state index contributed by atoms with van der Waals surface area (Å²) in [6.45, 7) is 7.59. The van der Waals surface area contributed by atoms with E-state index in [0.717, 1.165) is 0 Å². The second kappa shape index (κ2) is 10.2. The Labute approximate surface area is 132 Å². The molecule has 0 radical (unpaired) electrons. The first-order chi connectivity index (χ1) is 10.4. The van der Waals surface area contributed by atoms with E-state index in [0.29, 0.717) is 0 Å². The van der Waals surface area contributed by atoms with Crippen molar-refractivity contribution in [2.24, 2.45) is 0 Å². The van der Waals surface area contributed by atoms with Crippen molar-refractivity contribution in [2.45, 2.75) is 90.4 Å². The number of amidine groups is 1. The van der Waals surface area contributed by atoms with Crippen LogP contribution in [-0.2, 0) is 0 Å². The van der Waals surface area contributed by atoms with E-state index >= 15 is 0 Å². The predicted octanol–water partition coefficient (Wildman–Crippen LogP) is 4.82. The van der Waals surface area contributed by atoms with Crippen LogP contribution < -0.4 is 0 Å². The van der Waals surface area contributed by atoms with Crippen LogP contribution in [0, 0.1) is 0 Å². The van der Waals surface area contributed by atoms with Crippen LogP contribution in [0.1, 0.15) is 90.4 Å². The molecule has 0 fully saturated rings. The molecule has 0 saturated heterocycles. The maximum absolute atomic E-state index is 2.73. The normalized spacial score (nSPS) is 19.6. The lowest BCUT2D eigenvalue weighted by atomic mass is 10.1. The summed E-state index contributed by atoms with van der Waals surface area (Å²) in [6, 6.07) is 0. The topological polar surface area (TPSA) is 6.25 Å². The number of unbranched alkanes of at least 4 members (excludes halogenated alkanes) is 7. The van der Waals surface area contributed by atoms with Crippen molar-refractivity contribution in [1.29, 1.82) is 0 Å². The molecule has 0 aromatic carbocycles. The largest absolute Gasteiger partial charge is 0.266 e. The molecule has 122 valence electrons. The monoisotopic (exact) mass is 293 g/mol. The summed E-state index contributed by atoms with van der Waals surface area (Å²) < 4.78 is 2.70. The van der Waals surface area contributed by atoms with Crippen LogP contribution in [0.3, 0.4) is 0 Å². The Morgan fingerprint density at radius 3 is 2.33 bits per heavy atom. The molecule has 0 bridgehead atoms. The van der Waals surface area contributed by atoms with Crippen LogP contribution in [0.15, 0.2) is 0 Å². The average Bonchev–Trinajstić information content (AvgIpc) is 2.76. The molecule has 0 aromatic heterocycles. The third-order valence-corrected chi connectivity index (χ3v) is 5.20. The SMILES string of the molecule is CCCCCCCCCCN1CCC[N+]2=C1CCCCC2. The quantitative estimate of drug-likeness (QED) is 0.436. The lowest BCUT2D eigenvalue weighted by Crippen LogP contribution is -2.44. The molecule has 0 aliphatic carbocycles. The summed E-state index contributed by atoms with van der Waals surface area (Å²) in [6.07, 6.45) is 18.5. The summed E-state index contributed by atoms with van der Waals surface area (Å²) in [5.74, 6) is 1.70. The number of hydrogen-bond acceptors (Lipinski definition) is 1. The van der Waals surface area contributed by atoms with E-state index in [1.165, 1.54) is 110 Å². The van der Waals surface area contributed by atoms with E-state index in [-0.39, 0.29) is 0 Å². The van der Waals surface area contributed by atoms with Gasteiger partial charge in [-0.25, -0.2) is 0 Å². The van der Waals surface area contributed by atoms with Gasteiger partial charge in [-0.15, -0.1) is 0 Å². The van der Waals surface area contributed by atoms with Crippen molar-refractivity contribution in [1.82, 2.24) is 4.90 Å². The Morgan fingerprint density at radius 1 is 0.810 bits per heavy atom. The summed E-state index contributed by atoms with van der Waals surface area (Å²) in [4.78, 5) is 2.73. The standard InChI is InChI=1S/C19H37N2/c1-2-3-4-5-6-7-8-11-15-20-17-13-18-21-16-12-9-10-14-19(20)21/h2-18H2,1H3/q+1.